The fraction of sp³-hybridized carbons (Fsp3) is 0.167. The zero-order valence-corrected chi connectivity index (χ0v) is 9.67. The highest BCUT2D eigenvalue weighted by molar-refractivity contribution is 6.08. The molecule has 0 aliphatic carbocycles. The number of nitrogens with one attached hydrogen (secondary N) is 2. The van der Waals surface area contributed by atoms with Crippen molar-refractivity contribution in [3.05, 3.63) is 40.1 Å². The van der Waals surface area contributed by atoms with Crippen molar-refractivity contribution in [1.29, 1.82) is 0 Å². The number of carbonyl (C=O) groups excluding carboxylic acids is 2. The predicted octanol–water partition coefficient (Wildman–Crippen LogP) is 1.21. The van der Waals surface area contributed by atoms with Gasteiger partial charge in [0.25, 0.3) is 5.69 Å². The van der Waals surface area contributed by atoms with Crippen LogP contribution < -0.4 is 5.32 Å². The lowest BCUT2D eigenvalue weighted by Crippen LogP contribution is -2.21. The summed E-state index contributed by atoms with van der Waals surface area (Å²) in [6.45, 7) is 0. The van der Waals surface area contributed by atoms with Gasteiger partial charge in [-0.15, -0.1) is 0 Å². The van der Waals surface area contributed by atoms with E-state index in [9.17, 15) is 19.7 Å². The average Bonchev–Trinajstić information content (AvgIpc) is 2.91. The van der Waals surface area contributed by atoms with E-state index in [4.69, 9.17) is 0 Å². The van der Waals surface area contributed by atoms with Crippen LogP contribution in [0.5, 0.6) is 0 Å². The number of nitrogens with zero attached hydrogens (tertiary/aromatic N) is 1. The first kappa shape index (κ1) is 11.4. The first-order chi connectivity index (χ1) is 9.06. The van der Waals surface area contributed by atoms with Gasteiger partial charge in [0.15, 0.2) is 0 Å². The van der Waals surface area contributed by atoms with Crippen LogP contribution in [0.4, 0.5) is 5.69 Å². The molecule has 2 heterocycles. The molecule has 1 unspecified atom stereocenters. The second-order valence-electron chi connectivity index (χ2n) is 4.40. The van der Waals surface area contributed by atoms with Crippen LogP contribution in [0.2, 0.25) is 0 Å². The van der Waals surface area contributed by atoms with Gasteiger partial charge in [-0.3, -0.25) is 25.0 Å². The Morgan fingerprint density at radius 2 is 2.11 bits per heavy atom. The minimum atomic E-state index is -0.580. The molecule has 96 valence electrons. The van der Waals surface area contributed by atoms with Gasteiger partial charge >= 0.3 is 0 Å². The quantitative estimate of drug-likeness (QED) is 0.480. The van der Waals surface area contributed by atoms with E-state index in [0.29, 0.717) is 16.5 Å². The van der Waals surface area contributed by atoms with Crippen molar-refractivity contribution < 1.29 is 14.5 Å². The van der Waals surface area contributed by atoms with Gasteiger partial charge < -0.3 is 4.98 Å². The van der Waals surface area contributed by atoms with Crippen LogP contribution in [0.15, 0.2) is 24.4 Å². The Labute approximate surface area is 106 Å². The standard InChI is InChI=1S/C12H9N3O4/c16-11-4-8(12(17)14-11)9-5-13-10-2-1-6(15(18)19)3-7(9)10/h1-3,5,8,13H,4H2,(H,14,16,17). The number of benzene rings is 1. The highest BCUT2D eigenvalue weighted by Crippen LogP contribution is 2.32. The van der Waals surface area contributed by atoms with Crippen LogP contribution in [-0.4, -0.2) is 21.7 Å². The SMILES string of the molecule is O=C1CC(c2c[nH]c3ccc([N+](=O)[O-])cc23)C(=O)N1. The summed E-state index contributed by atoms with van der Waals surface area (Å²) in [5.41, 5.74) is 1.27. The molecule has 1 aliphatic rings. The maximum absolute atomic E-state index is 11.7. The van der Waals surface area contributed by atoms with Crippen molar-refractivity contribution >= 4 is 28.4 Å². The molecule has 1 fully saturated rings. The average molecular weight is 259 g/mol. The number of hydrogen-bond acceptors (Lipinski definition) is 4. The summed E-state index contributed by atoms with van der Waals surface area (Å²) < 4.78 is 0. The Morgan fingerprint density at radius 3 is 2.74 bits per heavy atom. The van der Waals surface area contributed by atoms with Crippen LogP contribution in [0.3, 0.4) is 0 Å². The molecule has 0 radical (unpaired) electrons. The van der Waals surface area contributed by atoms with Crippen LogP contribution in [0.1, 0.15) is 17.9 Å². The summed E-state index contributed by atoms with van der Waals surface area (Å²) >= 11 is 0. The number of carbonyl (C=O) groups is 2. The van der Waals surface area contributed by atoms with Crippen molar-refractivity contribution in [3.63, 3.8) is 0 Å². The van der Waals surface area contributed by atoms with E-state index in [1.54, 1.807) is 12.3 Å². The molecular weight excluding hydrogens is 250 g/mol. The van der Waals surface area contributed by atoms with Crippen LogP contribution in [0, 0.1) is 10.1 Å². The maximum atomic E-state index is 11.7. The summed E-state index contributed by atoms with van der Waals surface area (Å²) in [6.07, 6.45) is 1.70. The summed E-state index contributed by atoms with van der Waals surface area (Å²) in [6, 6.07) is 4.39. The normalized spacial score (nSPS) is 18.8. The largest absolute Gasteiger partial charge is 0.361 e. The third-order valence-electron chi connectivity index (χ3n) is 3.25. The topological polar surface area (TPSA) is 105 Å². The van der Waals surface area contributed by atoms with Crippen molar-refractivity contribution in [2.75, 3.05) is 0 Å². The smallest absolute Gasteiger partial charge is 0.270 e. The van der Waals surface area contributed by atoms with Crippen molar-refractivity contribution in [2.45, 2.75) is 12.3 Å². The molecule has 2 amide bonds. The van der Waals surface area contributed by atoms with Gasteiger partial charge in [0.05, 0.1) is 10.8 Å². The Bertz CT molecular complexity index is 719. The Hall–Kier alpha value is -2.70. The predicted molar refractivity (Wildman–Crippen MR) is 65.5 cm³/mol. The Morgan fingerprint density at radius 1 is 1.32 bits per heavy atom. The van der Waals surface area contributed by atoms with Gasteiger partial charge in [0.1, 0.15) is 0 Å². The number of hydrogen-bond donors (Lipinski definition) is 2. The number of nitro benzene ring substituents is 1. The molecule has 2 N–H and O–H groups in total. The Kier molecular flexibility index (Phi) is 2.34. The van der Waals surface area contributed by atoms with Gasteiger partial charge in [-0.25, -0.2) is 0 Å². The third kappa shape index (κ3) is 1.75. The second-order valence-corrected chi connectivity index (χ2v) is 4.40. The van der Waals surface area contributed by atoms with Crippen molar-refractivity contribution in [1.82, 2.24) is 10.3 Å². The zero-order valence-electron chi connectivity index (χ0n) is 9.67. The lowest BCUT2D eigenvalue weighted by atomic mass is 9.97. The van der Waals surface area contributed by atoms with Gasteiger partial charge in [-0.2, -0.15) is 0 Å². The van der Waals surface area contributed by atoms with Crippen molar-refractivity contribution in [2.24, 2.45) is 0 Å². The molecule has 1 aromatic carbocycles. The molecule has 19 heavy (non-hydrogen) atoms. The van der Waals surface area contributed by atoms with E-state index < -0.39 is 10.8 Å². The maximum Gasteiger partial charge on any atom is 0.270 e. The van der Waals surface area contributed by atoms with Gasteiger partial charge in [0.2, 0.25) is 11.8 Å². The molecule has 0 spiro atoms. The van der Waals surface area contributed by atoms with Crippen LogP contribution in [-0.2, 0) is 9.59 Å². The monoisotopic (exact) mass is 259 g/mol. The van der Waals surface area contributed by atoms with Crippen LogP contribution in [0.25, 0.3) is 10.9 Å². The fourth-order valence-electron chi connectivity index (χ4n) is 2.34. The number of H-pyrrole nitrogens is 1. The number of nitro groups is 1. The third-order valence-corrected chi connectivity index (χ3v) is 3.25. The van der Waals surface area contributed by atoms with E-state index in [1.165, 1.54) is 12.1 Å². The summed E-state index contributed by atoms with van der Waals surface area (Å²) in [7, 11) is 0. The molecule has 1 aromatic heterocycles. The highest BCUT2D eigenvalue weighted by atomic mass is 16.6. The molecule has 1 saturated heterocycles. The molecule has 7 nitrogen and oxygen atoms in total. The first-order valence-corrected chi connectivity index (χ1v) is 5.65. The van der Waals surface area contributed by atoms with E-state index in [0.717, 1.165) is 0 Å². The number of aromatic nitrogens is 1. The van der Waals surface area contributed by atoms with E-state index in [-0.39, 0.29) is 23.9 Å². The zero-order chi connectivity index (χ0) is 13.6. The van der Waals surface area contributed by atoms with Crippen molar-refractivity contribution in [3.8, 4) is 0 Å². The van der Waals surface area contributed by atoms with Gasteiger partial charge in [-0.05, 0) is 11.6 Å². The van der Waals surface area contributed by atoms with Gasteiger partial charge in [-0.1, -0.05) is 0 Å². The van der Waals surface area contributed by atoms with E-state index >= 15 is 0 Å². The lowest BCUT2D eigenvalue weighted by Gasteiger charge is -2.03. The molecule has 1 aliphatic heterocycles. The second kappa shape index (κ2) is 3.91. The molecule has 0 bridgehead atoms. The molecule has 1 atom stereocenters. The number of rotatable bonds is 2. The molecular formula is C12H9N3O4. The van der Waals surface area contributed by atoms with Crippen LogP contribution >= 0.6 is 0 Å². The number of non-ortho nitro benzene ring substituents is 1. The number of aromatic amines is 1. The number of fused-ring (bicyclic) bond motifs is 1. The molecule has 0 saturated carbocycles. The van der Waals surface area contributed by atoms with E-state index in [1.807, 2.05) is 0 Å². The lowest BCUT2D eigenvalue weighted by molar-refractivity contribution is -0.384. The van der Waals surface area contributed by atoms with E-state index in [2.05, 4.69) is 10.3 Å². The first-order valence-electron chi connectivity index (χ1n) is 5.65. The molecule has 3 rings (SSSR count). The molecule has 2 aromatic rings. The van der Waals surface area contributed by atoms with Gasteiger partial charge in [0, 0.05) is 35.7 Å². The fourth-order valence-corrected chi connectivity index (χ4v) is 2.34. The minimum absolute atomic E-state index is 0.0434. The number of amides is 2. The highest BCUT2D eigenvalue weighted by Gasteiger charge is 2.33. The summed E-state index contributed by atoms with van der Waals surface area (Å²) in [5.74, 6) is -1.27. The minimum Gasteiger partial charge on any atom is -0.361 e. The summed E-state index contributed by atoms with van der Waals surface area (Å²) in [4.78, 5) is 36.1. The number of imide groups is 1. The summed E-state index contributed by atoms with van der Waals surface area (Å²) in [5, 5.41) is 13.6. The molecule has 7 heteroatoms. The Balaban J connectivity index is 2.13.